The first-order chi connectivity index (χ1) is 11.8. The molecule has 0 saturated heterocycles. The van der Waals surface area contributed by atoms with Gasteiger partial charge in [0, 0.05) is 20.1 Å². The molecule has 0 bridgehead atoms. The molecule has 0 aliphatic rings. The first-order valence-corrected chi connectivity index (χ1v) is 10.4. The lowest BCUT2D eigenvalue weighted by Crippen LogP contribution is -2.24. The molecule has 0 saturated carbocycles. The van der Waals surface area contributed by atoms with E-state index in [1.165, 1.54) is 20.0 Å². The molecule has 8 nitrogen and oxygen atoms in total. The number of hydrogen-bond donors (Lipinski definition) is 3. The van der Waals surface area contributed by atoms with Gasteiger partial charge in [0.1, 0.15) is 6.10 Å². The van der Waals surface area contributed by atoms with E-state index in [1.54, 1.807) is 0 Å². The van der Waals surface area contributed by atoms with Crippen molar-refractivity contribution in [2.24, 2.45) is 0 Å². The van der Waals surface area contributed by atoms with Gasteiger partial charge in [-0.3, -0.25) is 9.32 Å². The highest BCUT2D eigenvalue weighted by Crippen LogP contribution is 2.35. The summed E-state index contributed by atoms with van der Waals surface area (Å²) < 4.78 is 25.5. The van der Waals surface area contributed by atoms with Gasteiger partial charge in [0.2, 0.25) is 0 Å². The van der Waals surface area contributed by atoms with Gasteiger partial charge in [-0.1, -0.05) is 44.9 Å². The minimum Gasteiger partial charge on any atom is -0.481 e. The summed E-state index contributed by atoms with van der Waals surface area (Å²) in [7, 11) is -3.03. The largest absolute Gasteiger partial charge is 0.481 e. The summed E-state index contributed by atoms with van der Waals surface area (Å²) in [6.07, 6.45) is 9.33. The first kappa shape index (κ1) is 24.5. The van der Waals surface area contributed by atoms with Crippen molar-refractivity contribution in [3.8, 4) is 0 Å². The van der Waals surface area contributed by atoms with Crippen molar-refractivity contribution in [3.63, 3.8) is 0 Å². The van der Waals surface area contributed by atoms with Crippen LogP contribution in [0.5, 0.6) is 0 Å². The van der Waals surface area contributed by atoms with Gasteiger partial charge in [-0.2, -0.15) is 0 Å². The van der Waals surface area contributed by atoms with E-state index in [0.29, 0.717) is 6.61 Å². The van der Waals surface area contributed by atoms with Gasteiger partial charge in [0.15, 0.2) is 0 Å². The SMILES string of the molecule is CO[C@H](COCCCCCCCCCCCC(=O)O)COP(=O)(O)O. The number of unbranched alkanes of at least 4 members (excludes halogenated alkanes) is 8. The van der Waals surface area contributed by atoms with E-state index in [2.05, 4.69) is 4.52 Å². The number of carboxylic acids is 1. The fraction of sp³-hybridized carbons (Fsp3) is 0.938. The summed E-state index contributed by atoms with van der Waals surface area (Å²) >= 11 is 0. The van der Waals surface area contributed by atoms with Crippen molar-refractivity contribution >= 4 is 13.8 Å². The quantitative estimate of drug-likeness (QED) is 0.243. The molecule has 3 N–H and O–H groups in total. The van der Waals surface area contributed by atoms with Crippen LogP contribution < -0.4 is 0 Å². The third-order valence-corrected chi connectivity index (χ3v) is 4.23. The molecule has 0 radical (unpaired) electrons. The Balaban J connectivity index is 3.32. The Kier molecular flexibility index (Phi) is 15.4. The maximum Gasteiger partial charge on any atom is 0.469 e. The molecule has 0 spiro atoms. The maximum absolute atomic E-state index is 10.6. The zero-order chi connectivity index (χ0) is 19.0. The molecule has 0 heterocycles. The molecule has 0 amide bonds. The zero-order valence-corrected chi connectivity index (χ0v) is 16.0. The van der Waals surface area contributed by atoms with Crippen molar-refractivity contribution in [2.75, 3.05) is 26.9 Å². The number of ether oxygens (including phenoxy) is 2. The van der Waals surface area contributed by atoms with Crippen molar-refractivity contribution in [2.45, 2.75) is 70.3 Å². The fourth-order valence-electron chi connectivity index (χ4n) is 2.30. The van der Waals surface area contributed by atoms with Crippen LogP contribution in [0.3, 0.4) is 0 Å². The second kappa shape index (κ2) is 15.7. The minimum absolute atomic E-state index is 0.201. The maximum atomic E-state index is 10.6. The van der Waals surface area contributed by atoms with Crippen LogP contribution >= 0.6 is 7.82 Å². The van der Waals surface area contributed by atoms with E-state index < -0.39 is 19.9 Å². The summed E-state index contributed by atoms with van der Waals surface area (Å²) in [5.74, 6) is -0.714. The van der Waals surface area contributed by atoms with E-state index in [9.17, 15) is 9.36 Å². The Morgan fingerprint density at radius 3 is 1.92 bits per heavy atom. The second-order valence-corrected chi connectivity index (χ2v) is 7.28. The fourth-order valence-corrected chi connectivity index (χ4v) is 2.66. The van der Waals surface area contributed by atoms with Crippen LogP contribution in [0.4, 0.5) is 0 Å². The predicted octanol–water partition coefficient (Wildman–Crippen LogP) is 3.11. The van der Waals surface area contributed by atoms with Gasteiger partial charge < -0.3 is 24.4 Å². The molecule has 1 atom stereocenters. The lowest BCUT2D eigenvalue weighted by atomic mass is 10.1. The molecule has 150 valence electrons. The van der Waals surface area contributed by atoms with Crippen LogP contribution in [0.25, 0.3) is 0 Å². The van der Waals surface area contributed by atoms with Gasteiger partial charge in [0.25, 0.3) is 0 Å². The Morgan fingerprint density at radius 1 is 0.920 bits per heavy atom. The van der Waals surface area contributed by atoms with Crippen LogP contribution in [0, 0.1) is 0 Å². The molecule has 0 aliphatic carbocycles. The Bertz CT molecular complexity index is 371. The number of rotatable bonds is 18. The molecule has 25 heavy (non-hydrogen) atoms. The number of phosphoric ester groups is 1. The van der Waals surface area contributed by atoms with Gasteiger partial charge in [0.05, 0.1) is 13.2 Å². The summed E-state index contributed by atoms with van der Waals surface area (Å²) in [4.78, 5) is 27.6. The molecule has 0 aromatic carbocycles. The number of aliphatic carboxylic acids is 1. The van der Waals surface area contributed by atoms with Crippen molar-refractivity contribution in [1.29, 1.82) is 0 Å². The second-order valence-electron chi connectivity index (χ2n) is 6.04. The monoisotopic (exact) mass is 384 g/mol. The average molecular weight is 384 g/mol. The van der Waals surface area contributed by atoms with Crippen molar-refractivity contribution < 1.29 is 38.3 Å². The number of carbonyl (C=O) groups is 1. The van der Waals surface area contributed by atoms with Crippen molar-refractivity contribution in [1.82, 2.24) is 0 Å². The lowest BCUT2D eigenvalue weighted by Gasteiger charge is -2.16. The third-order valence-electron chi connectivity index (χ3n) is 3.74. The molecule has 0 aliphatic heterocycles. The molecular formula is C16H33O8P. The minimum atomic E-state index is -4.47. The lowest BCUT2D eigenvalue weighted by molar-refractivity contribution is -0.137. The predicted molar refractivity (Wildman–Crippen MR) is 93.4 cm³/mol. The van der Waals surface area contributed by atoms with Crippen LogP contribution in [0.2, 0.25) is 0 Å². The topological polar surface area (TPSA) is 123 Å². The molecular weight excluding hydrogens is 351 g/mol. The highest BCUT2D eigenvalue weighted by Gasteiger charge is 2.18. The van der Waals surface area contributed by atoms with Gasteiger partial charge in [-0.15, -0.1) is 0 Å². The third kappa shape index (κ3) is 19.7. The number of phosphoric acid groups is 1. The smallest absolute Gasteiger partial charge is 0.469 e. The number of hydrogen-bond acceptors (Lipinski definition) is 5. The van der Waals surface area contributed by atoms with E-state index >= 15 is 0 Å². The van der Waals surface area contributed by atoms with Crippen LogP contribution in [-0.2, 0) is 23.4 Å². The molecule has 9 heteroatoms. The Labute approximate surface area is 150 Å². The highest BCUT2D eigenvalue weighted by atomic mass is 31.2. The summed E-state index contributed by atoms with van der Waals surface area (Å²) in [5, 5.41) is 8.52. The van der Waals surface area contributed by atoms with Gasteiger partial charge in [-0.05, 0) is 12.8 Å². The van der Waals surface area contributed by atoms with E-state index in [-0.39, 0.29) is 19.6 Å². The Morgan fingerprint density at radius 2 is 1.44 bits per heavy atom. The Hall–Kier alpha value is -0.500. The van der Waals surface area contributed by atoms with Gasteiger partial charge >= 0.3 is 13.8 Å². The summed E-state index contributed by atoms with van der Waals surface area (Å²) in [6.45, 7) is 0.630. The first-order valence-electron chi connectivity index (χ1n) is 8.87. The molecule has 0 aromatic heterocycles. The van der Waals surface area contributed by atoms with E-state index in [1.807, 2.05) is 0 Å². The summed E-state index contributed by atoms with van der Waals surface area (Å²) in [5.41, 5.74) is 0. The standard InChI is InChI=1S/C16H33O8P/c1-22-15(14-24-25(19,20)21)13-23-12-10-8-6-4-2-3-5-7-9-11-16(17)18/h15H,2-14H2,1H3,(H,17,18)(H2,19,20,21)/t15-/m1/s1. The molecule has 0 aromatic rings. The molecule has 0 rings (SSSR count). The highest BCUT2D eigenvalue weighted by molar-refractivity contribution is 7.46. The molecule has 0 unspecified atom stereocenters. The average Bonchev–Trinajstić information content (AvgIpc) is 2.53. The van der Waals surface area contributed by atoms with Crippen LogP contribution in [0.15, 0.2) is 0 Å². The normalized spacial score (nSPS) is 13.1. The number of methoxy groups -OCH3 is 1. The van der Waals surface area contributed by atoms with Crippen LogP contribution in [0.1, 0.15) is 64.2 Å². The van der Waals surface area contributed by atoms with Gasteiger partial charge in [-0.25, -0.2) is 4.57 Å². The van der Waals surface area contributed by atoms with E-state index in [4.69, 9.17) is 24.4 Å². The molecule has 0 fully saturated rings. The number of carboxylic acid groups (broad SMARTS) is 1. The van der Waals surface area contributed by atoms with Crippen LogP contribution in [-0.4, -0.2) is 53.9 Å². The van der Waals surface area contributed by atoms with Crippen molar-refractivity contribution in [3.05, 3.63) is 0 Å². The summed E-state index contributed by atoms with van der Waals surface area (Å²) in [6, 6.07) is 0. The van der Waals surface area contributed by atoms with E-state index in [0.717, 1.165) is 44.9 Å². The zero-order valence-electron chi connectivity index (χ0n) is 15.1.